The Morgan fingerprint density at radius 3 is 2.43 bits per heavy atom. The van der Waals surface area contributed by atoms with Gasteiger partial charge in [-0.3, -0.25) is 9.59 Å². The van der Waals surface area contributed by atoms with E-state index in [-0.39, 0.29) is 22.5 Å². The minimum atomic E-state index is -0.342. The Labute approximate surface area is 182 Å². The molecule has 0 saturated carbocycles. The zero-order chi connectivity index (χ0) is 21.4. The van der Waals surface area contributed by atoms with Gasteiger partial charge in [-0.1, -0.05) is 41.9 Å². The third kappa shape index (κ3) is 4.04. The molecule has 0 spiro atoms. The van der Waals surface area contributed by atoms with Gasteiger partial charge in [0.15, 0.2) is 0 Å². The number of aromatic nitrogens is 1. The quantitative estimate of drug-likeness (QED) is 0.767. The van der Waals surface area contributed by atoms with E-state index in [0.29, 0.717) is 28.7 Å². The van der Waals surface area contributed by atoms with Crippen molar-refractivity contribution in [3.63, 3.8) is 0 Å². The summed E-state index contributed by atoms with van der Waals surface area (Å²) in [6, 6.07) is 10.3. The van der Waals surface area contributed by atoms with Crippen molar-refractivity contribution < 1.29 is 4.79 Å². The molecule has 2 fully saturated rings. The van der Waals surface area contributed by atoms with Gasteiger partial charge in [-0.2, -0.15) is 0 Å². The number of likely N-dealkylation sites (tertiary alicyclic amines) is 2. The van der Waals surface area contributed by atoms with Crippen LogP contribution in [0.5, 0.6) is 0 Å². The number of pyridine rings is 1. The highest BCUT2D eigenvalue weighted by atomic mass is 35.5. The molecule has 160 valence electrons. The number of hydrogen-bond acceptors (Lipinski definition) is 4. The Hall–Kier alpha value is -2.15. The minimum absolute atomic E-state index is 0.0322. The first-order valence-electron chi connectivity index (χ1n) is 10.6. The predicted molar refractivity (Wildman–Crippen MR) is 119 cm³/mol. The fourth-order valence-corrected chi connectivity index (χ4v) is 5.10. The van der Waals surface area contributed by atoms with Crippen LogP contribution in [0.4, 0.5) is 0 Å². The van der Waals surface area contributed by atoms with Crippen LogP contribution in [0, 0.1) is 25.7 Å². The molecule has 30 heavy (non-hydrogen) atoms. The van der Waals surface area contributed by atoms with Gasteiger partial charge in [0.1, 0.15) is 5.02 Å². The van der Waals surface area contributed by atoms with E-state index in [2.05, 4.69) is 22.0 Å². The topological polar surface area (TPSA) is 82.4 Å². The molecule has 0 radical (unpaired) electrons. The van der Waals surface area contributed by atoms with E-state index in [1.54, 1.807) is 13.8 Å². The lowest BCUT2D eigenvalue weighted by atomic mass is 10.0. The molecule has 2 aliphatic rings. The van der Waals surface area contributed by atoms with Crippen LogP contribution in [0.3, 0.4) is 0 Å². The number of aryl methyl sites for hydroxylation is 1. The van der Waals surface area contributed by atoms with Crippen LogP contribution in [0.25, 0.3) is 0 Å². The summed E-state index contributed by atoms with van der Waals surface area (Å²) >= 11 is 6.09. The van der Waals surface area contributed by atoms with Crippen molar-refractivity contribution in [3.05, 3.63) is 68.1 Å². The summed E-state index contributed by atoms with van der Waals surface area (Å²) in [5, 5.41) is 0.101. The van der Waals surface area contributed by atoms with E-state index in [1.807, 2.05) is 23.1 Å². The molecule has 6 nitrogen and oxygen atoms in total. The zero-order valence-corrected chi connectivity index (χ0v) is 18.3. The fourth-order valence-electron chi connectivity index (χ4n) is 4.96. The van der Waals surface area contributed by atoms with E-state index >= 15 is 0 Å². The highest BCUT2D eigenvalue weighted by Crippen LogP contribution is 2.33. The smallest absolute Gasteiger partial charge is 0.267 e. The van der Waals surface area contributed by atoms with Crippen LogP contribution in [0.15, 0.2) is 35.1 Å². The van der Waals surface area contributed by atoms with Crippen LogP contribution >= 0.6 is 11.6 Å². The molecule has 1 amide bonds. The number of halogens is 1. The number of nitrogens with two attached hydrogens (primary N) is 1. The van der Waals surface area contributed by atoms with Gasteiger partial charge in [-0.25, -0.2) is 0 Å². The lowest BCUT2D eigenvalue weighted by Gasteiger charge is -2.24. The maximum atomic E-state index is 13.2. The van der Waals surface area contributed by atoms with Crippen molar-refractivity contribution in [1.29, 1.82) is 0 Å². The standard InChI is InChI=1S/C23H29ClN4O2/c1-14-20(15(2)26-22(29)21(14)24)23(30)28-12-17-10-27(11-18(17)13-28)9-8-19(25)16-6-4-3-5-7-16/h3-7,17-19H,8-13,25H2,1-2H3,(H,26,29)/t17?,18?,19-/m0/s1. The lowest BCUT2D eigenvalue weighted by Crippen LogP contribution is -2.35. The summed E-state index contributed by atoms with van der Waals surface area (Å²) in [6.07, 6.45) is 0.931. The van der Waals surface area contributed by atoms with Crippen LogP contribution < -0.4 is 11.3 Å². The number of amides is 1. The van der Waals surface area contributed by atoms with Crippen molar-refractivity contribution >= 4 is 17.5 Å². The Morgan fingerprint density at radius 1 is 1.17 bits per heavy atom. The molecule has 7 heteroatoms. The summed E-state index contributed by atoms with van der Waals surface area (Å²) in [5.74, 6) is 0.941. The number of benzene rings is 1. The molecule has 0 bridgehead atoms. The second-order valence-corrected chi connectivity index (χ2v) is 9.07. The van der Waals surface area contributed by atoms with Gasteiger partial charge in [0.2, 0.25) is 0 Å². The molecular weight excluding hydrogens is 400 g/mol. The second-order valence-electron chi connectivity index (χ2n) is 8.69. The summed E-state index contributed by atoms with van der Waals surface area (Å²) < 4.78 is 0. The van der Waals surface area contributed by atoms with E-state index in [1.165, 1.54) is 5.56 Å². The number of H-pyrrole nitrogens is 1. The third-order valence-electron chi connectivity index (χ3n) is 6.63. The monoisotopic (exact) mass is 428 g/mol. The Morgan fingerprint density at radius 2 is 1.80 bits per heavy atom. The maximum Gasteiger partial charge on any atom is 0.267 e. The molecule has 2 unspecified atom stereocenters. The first-order chi connectivity index (χ1) is 14.3. The first-order valence-corrected chi connectivity index (χ1v) is 10.9. The van der Waals surface area contributed by atoms with Gasteiger partial charge in [0.05, 0.1) is 5.56 Å². The predicted octanol–water partition coefficient (Wildman–Crippen LogP) is 2.74. The number of nitrogens with zero attached hydrogens (tertiary/aromatic N) is 2. The average Bonchev–Trinajstić information content (AvgIpc) is 3.30. The highest BCUT2D eigenvalue weighted by molar-refractivity contribution is 6.31. The zero-order valence-electron chi connectivity index (χ0n) is 17.5. The average molecular weight is 429 g/mol. The van der Waals surface area contributed by atoms with Crippen molar-refractivity contribution in [2.24, 2.45) is 17.6 Å². The van der Waals surface area contributed by atoms with E-state index < -0.39 is 0 Å². The number of fused-ring (bicyclic) bond motifs is 1. The molecule has 3 N–H and O–H groups in total. The van der Waals surface area contributed by atoms with Crippen molar-refractivity contribution in [2.75, 3.05) is 32.7 Å². The molecule has 1 aromatic heterocycles. The summed E-state index contributed by atoms with van der Waals surface area (Å²) in [7, 11) is 0. The number of carbonyl (C=O) groups excluding carboxylic acids is 1. The Bertz CT molecular complexity index is 977. The lowest BCUT2D eigenvalue weighted by molar-refractivity contribution is 0.0772. The van der Waals surface area contributed by atoms with Gasteiger partial charge >= 0.3 is 0 Å². The van der Waals surface area contributed by atoms with Crippen molar-refractivity contribution in [1.82, 2.24) is 14.8 Å². The van der Waals surface area contributed by atoms with Crippen LogP contribution in [-0.4, -0.2) is 53.4 Å². The summed E-state index contributed by atoms with van der Waals surface area (Å²) in [6.45, 7) is 7.98. The molecule has 4 rings (SSSR count). The number of nitrogens with one attached hydrogen (secondary N) is 1. The fraction of sp³-hybridized carbons (Fsp3) is 0.478. The van der Waals surface area contributed by atoms with Gasteiger partial charge < -0.3 is 20.5 Å². The number of hydrogen-bond donors (Lipinski definition) is 2. The SMILES string of the molecule is Cc1[nH]c(=O)c(Cl)c(C)c1C(=O)N1CC2CN(CC[C@H](N)c3ccccc3)CC2C1. The maximum absolute atomic E-state index is 13.2. The third-order valence-corrected chi connectivity index (χ3v) is 7.08. The number of rotatable bonds is 5. The largest absolute Gasteiger partial charge is 0.338 e. The summed E-state index contributed by atoms with van der Waals surface area (Å²) in [4.78, 5) is 32.1. The minimum Gasteiger partial charge on any atom is -0.338 e. The number of aromatic amines is 1. The molecule has 2 aromatic rings. The van der Waals surface area contributed by atoms with Crippen LogP contribution in [-0.2, 0) is 0 Å². The number of carbonyl (C=O) groups is 1. The Kier molecular flexibility index (Phi) is 6.00. The molecule has 2 saturated heterocycles. The van der Waals surface area contributed by atoms with Gasteiger partial charge in [0.25, 0.3) is 11.5 Å². The second kappa shape index (κ2) is 8.53. The van der Waals surface area contributed by atoms with E-state index in [0.717, 1.165) is 39.1 Å². The van der Waals surface area contributed by atoms with Gasteiger partial charge in [-0.05, 0) is 49.8 Å². The van der Waals surface area contributed by atoms with Gasteiger partial charge in [-0.15, -0.1) is 0 Å². The van der Waals surface area contributed by atoms with Gasteiger partial charge in [0, 0.05) is 37.9 Å². The van der Waals surface area contributed by atoms with Crippen molar-refractivity contribution in [2.45, 2.75) is 26.3 Å². The summed E-state index contributed by atoms with van der Waals surface area (Å²) in [5.41, 5.74) is 8.87. The highest BCUT2D eigenvalue weighted by Gasteiger charge is 2.42. The molecule has 3 heterocycles. The molecular formula is C23H29ClN4O2. The first kappa shape index (κ1) is 21.1. The normalized spacial score (nSPS) is 22.3. The molecule has 2 aliphatic heterocycles. The van der Waals surface area contributed by atoms with E-state index in [4.69, 9.17) is 17.3 Å². The van der Waals surface area contributed by atoms with Crippen LogP contribution in [0.2, 0.25) is 5.02 Å². The molecule has 0 aliphatic carbocycles. The van der Waals surface area contributed by atoms with Crippen molar-refractivity contribution in [3.8, 4) is 0 Å². The van der Waals surface area contributed by atoms with E-state index in [9.17, 15) is 9.59 Å². The molecule has 3 atom stereocenters. The molecule has 1 aromatic carbocycles. The Balaban J connectivity index is 1.34. The van der Waals surface area contributed by atoms with Crippen LogP contribution in [0.1, 0.15) is 39.6 Å².